The molecule has 1 heterocycles. The number of carboxylic acids is 2. The van der Waals surface area contributed by atoms with Crippen LogP contribution < -0.4 is 0 Å². The summed E-state index contributed by atoms with van der Waals surface area (Å²) in [5, 5.41) is 27.8. The Balaban J connectivity index is 2.92. The van der Waals surface area contributed by atoms with Crippen molar-refractivity contribution in [3.05, 3.63) is 0 Å². The normalized spacial score (nSPS) is 19.6. The van der Waals surface area contributed by atoms with E-state index in [9.17, 15) is 19.5 Å². The molecule has 0 aromatic carbocycles. The summed E-state index contributed by atoms with van der Waals surface area (Å²) in [4.78, 5) is 35.6. The van der Waals surface area contributed by atoms with Crippen LogP contribution >= 0.6 is 0 Å². The number of ether oxygens (including phenoxy) is 1. The number of carbonyl (C=O) groups excluding carboxylic acids is 1. The molecule has 126 valence electrons. The highest BCUT2D eigenvalue weighted by molar-refractivity contribution is 6.01. The summed E-state index contributed by atoms with van der Waals surface area (Å²) in [5.41, 5.74) is -3.63. The van der Waals surface area contributed by atoms with Gasteiger partial charge in [-0.2, -0.15) is 0 Å². The van der Waals surface area contributed by atoms with Crippen molar-refractivity contribution in [3.63, 3.8) is 0 Å². The number of piperidine rings is 1. The number of rotatable bonds is 4. The molecule has 1 saturated heterocycles. The van der Waals surface area contributed by atoms with Gasteiger partial charge >= 0.3 is 18.0 Å². The molecule has 1 aliphatic heterocycles. The minimum absolute atomic E-state index is 0.342. The molecule has 0 aliphatic carbocycles. The fourth-order valence-electron chi connectivity index (χ4n) is 2.38. The fraction of sp³-hybridized carbons (Fsp3) is 0.786. The first kappa shape index (κ1) is 18.2. The Hall–Kier alpha value is -1.83. The maximum atomic E-state index is 12.2. The van der Waals surface area contributed by atoms with Gasteiger partial charge in [-0.1, -0.05) is 0 Å². The highest BCUT2D eigenvalue weighted by Crippen LogP contribution is 2.27. The summed E-state index contributed by atoms with van der Waals surface area (Å²) in [7, 11) is 0. The Morgan fingerprint density at radius 1 is 1.14 bits per heavy atom. The highest BCUT2D eigenvalue weighted by atomic mass is 16.6. The van der Waals surface area contributed by atoms with Crippen LogP contribution in [0.2, 0.25) is 0 Å². The van der Waals surface area contributed by atoms with Gasteiger partial charge < -0.3 is 25.0 Å². The van der Waals surface area contributed by atoms with Crippen LogP contribution in [-0.2, 0) is 14.3 Å². The van der Waals surface area contributed by atoms with Crippen molar-refractivity contribution in [2.45, 2.75) is 63.7 Å². The van der Waals surface area contributed by atoms with E-state index in [-0.39, 0.29) is 0 Å². The third kappa shape index (κ3) is 4.33. The van der Waals surface area contributed by atoms with Crippen LogP contribution in [0.5, 0.6) is 0 Å². The first-order valence-electron chi connectivity index (χ1n) is 7.16. The van der Waals surface area contributed by atoms with Gasteiger partial charge in [-0.25, -0.2) is 14.4 Å². The standard InChI is InChI=1S/C14H23NO7/c1-13(2,3)22-12(20)15-7-5-4-6-9(15)8-14(21,10(16)17)11(18)19/h9,21H,4-8H2,1-3H3,(H,16,17)(H,18,19)/t9-/m0/s1. The lowest BCUT2D eigenvalue weighted by Gasteiger charge is -2.38. The van der Waals surface area contributed by atoms with E-state index < -0.39 is 41.7 Å². The number of aliphatic hydroxyl groups is 1. The number of hydrogen-bond donors (Lipinski definition) is 3. The molecular weight excluding hydrogens is 294 g/mol. The Morgan fingerprint density at radius 3 is 2.14 bits per heavy atom. The molecule has 0 unspecified atom stereocenters. The lowest BCUT2D eigenvalue weighted by molar-refractivity contribution is -0.178. The Morgan fingerprint density at radius 2 is 1.68 bits per heavy atom. The average Bonchev–Trinajstić information content (AvgIpc) is 2.36. The van der Waals surface area contributed by atoms with Crippen molar-refractivity contribution in [2.75, 3.05) is 6.54 Å². The molecule has 0 bridgehead atoms. The second-order valence-electron chi connectivity index (χ2n) is 6.50. The fourth-order valence-corrected chi connectivity index (χ4v) is 2.38. The number of hydrogen-bond acceptors (Lipinski definition) is 5. The monoisotopic (exact) mass is 317 g/mol. The van der Waals surface area contributed by atoms with E-state index in [1.54, 1.807) is 20.8 Å². The van der Waals surface area contributed by atoms with Gasteiger partial charge in [0.15, 0.2) is 0 Å². The third-order valence-electron chi connectivity index (χ3n) is 3.49. The van der Waals surface area contributed by atoms with Crippen molar-refractivity contribution in [3.8, 4) is 0 Å². The average molecular weight is 317 g/mol. The van der Waals surface area contributed by atoms with Crippen molar-refractivity contribution < 1.29 is 34.4 Å². The maximum Gasteiger partial charge on any atom is 0.410 e. The van der Waals surface area contributed by atoms with Gasteiger partial charge in [0.05, 0.1) is 0 Å². The topological polar surface area (TPSA) is 124 Å². The van der Waals surface area contributed by atoms with Crippen molar-refractivity contribution >= 4 is 18.0 Å². The second kappa shape index (κ2) is 6.51. The molecule has 22 heavy (non-hydrogen) atoms. The summed E-state index contributed by atoms with van der Waals surface area (Å²) in [6, 6.07) is -0.694. The van der Waals surface area contributed by atoms with E-state index in [1.807, 2.05) is 0 Å². The van der Waals surface area contributed by atoms with Crippen LogP contribution in [0.1, 0.15) is 46.5 Å². The van der Waals surface area contributed by atoms with E-state index in [4.69, 9.17) is 14.9 Å². The molecule has 1 aliphatic rings. The molecule has 3 N–H and O–H groups in total. The maximum absolute atomic E-state index is 12.2. The van der Waals surface area contributed by atoms with E-state index in [2.05, 4.69) is 0 Å². The smallest absolute Gasteiger partial charge is 0.410 e. The van der Waals surface area contributed by atoms with E-state index >= 15 is 0 Å². The zero-order valence-corrected chi connectivity index (χ0v) is 13.0. The van der Waals surface area contributed by atoms with Gasteiger partial charge in [0.1, 0.15) is 5.60 Å². The van der Waals surface area contributed by atoms with Crippen LogP contribution in [0.25, 0.3) is 0 Å². The van der Waals surface area contributed by atoms with Crippen molar-refractivity contribution in [1.29, 1.82) is 0 Å². The first-order chi connectivity index (χ1) is 9.97. The Labute approximate surface area is 128 Å². The molecule has 0 aromatic heterocycles. The lowest BCUT2D eigenvalue weighted by Crippen LogP contribution is -2.54. The van der Waals surface area contributed by atoms with Gasteiger partial charge in [0.25, 0.3) is 5.60 Å². The van der Waals surface area contributed by atoms with Gasteiger partial charge in [-0.3, -0.25) is 0 Å². The van der Waals surface area contributed by atoms with Crippen LogP contribution in [0.15, 0.2) is 0 Å². The molecule has 0 saturated carbocycles. The summed E-state index contributed by atoms with van der Waals surface area (Å²) < 4.78 is 5.25. The Bertz CT molecular complexity index is 441. The molecule has 8 nitrogen and oxygen atoms in total. The predicted octanol–water partition coefficient (Wildman–Crippen LogP) is 1.07. The first-order valence-corrected chi connectivity index (χ1v) is 7.16. The van der Waals surface area contributed by atoms with Crippen LogP contribution in [0.4, 0.5) is 4.79 Å². The summed E-state index contributed by atoms with van der Waals surface area (Å²) in [5.74, 6) is -3.68. The summed E-state index contributed by atoms with van der Waals surface area (Å²) >= 11 is 0. The molecule has 0 radical (unpaired) electrons. The lowest BCUT2D eigenvalue weighted by atomic mass is 9.89. The minimum Gasteiger partial charge on any atom is -0.479 e. The predicted molar refractivity (Wildman–Crippen MR) is 75.4 cm³/mol. The van der Waals surface area contributed by atoms with Crippen LogP contribution in [-0.4, -0.2) is 62.0 Å². The van der Waals surface area contributed by atoms with Gasteiger partial charge in [-0.05, 0) is 40.0 Å². The molecule has 1 atom stereocenters. The van der Waals surface area contributed by atoms with Gasteiger partial charge in [-0.15, -0.1) is 0 Å². The van der Waals surface area contributed by atoms with E-state index in [0.717, 1.165) is 6.42 Å². The van der Waals surface area contributed by atoms with Crippen molar-refractivity contribution in [2.24, 2.45) is 0 Å². The van der Waals surface area contributed by atoms with Gasteiger partial charge in [0, 0.05) is 19.0 Å². The molecule has 1 fully saturated rings. The summed E-state index contributed by atoms with van der Waals surface area (Å²) in [6.45, 7) is 5.45. The molecule has 1 rings (SSSR count). The van der Waals surface area contributed by atoms with Crippen molar-refractivity contribution in [1.82, 2.24) is 4.90 Å². The number of amides is 1. The minimum atomic E-state index is -2.91. The highest BCUT2D eigenvalue weighted by Gasteiger charge is 2.48. The number of likely N-dealkylation sites (tertiary alicyclic amines) is 1. The molecule has 0 spiro atoms. The zero-order valence-electron chi connectivity index (χ0n) is 13.0. The molecular formula is C14H23NO7. The quantitative estimate of drug-likeness (QED) is 0.662. The van der Waals surface area contributed by atoms with E-state index in [0.29, 0.717) is 19.4 Å². The number of carbonyl (C=O) groups is 3. The second-order valence-corrected chi connectivity index (χ2v) is 6.50. The third-order valence-corrected chi connectivity index (χ3v) is 3.49. The van der Waals surface area contributed by atoms with Crippen LogP contribution in [0.3, 0.4) is 0 Å². The number of nitrogens with zero attached hydrogens (tertiary/aromatic N) is 1. The molecule has 1 amide bonds. The molecule has 0 aromatic rings. The van der Waals surface area contributed by atoms with Crippen LogP contribution in [0, 0.1) is 0 Å². The largest absolute Gasteiger partial charge is 0.479 e. The van der Waals surface area contributed by atoms with Gasteiger partial charge in [0.2, 0.25) is 0 Å². The summed E-state index contributed by atoms with van der Waals surface area (Å²) in [6.07, 6.45) is 0.655. The Kier molecular flexibility index (Phi) is 5.39. The SMILES string of the molecule is CC(C)(C)OC(=O)N1CCCC[C@H]1CC(O)(C(=O)O)C(=O)O. The number of aliphatic carboxylic acids is 2. The number of carboxylic acid groups (broad SMARTS) is 2. The molecule has 8 heteroatoms. The van der Waals surface area contributed by atoms with E-state index in [1.165, 1.54) is 4.90 Å². The zero-order chi connectivity index (χ0) is 17.1.